The molecule has 8 heteroatoms. The average Bonchev–Trinajstić information content (AvgIpc) is 3.17. The fraction of sp³-hybridized carbons (Fsp3) is 0.632. The Hall–Kier alpha value is -1.80. The molecule has 1 fully saturated rings. The number of methoxy groups -OCH3 is 2. The van der Waals surface area contributed by atoms with Gasteiger partial charge in [-0.1, -0.05) is 12.8 Å². The highest BCUT2D eigenvalue weighted by molar-refractivity contribution is 7.88. The second-order valence-electron chi connectivity index (χ2n) is 7.29. The maximum Gasteiger partial charge on any atom is 0.238 e. The van der Waals surface area contributed by atoms with E-state index in [1.807, 2.05) is 12.1 Å². The smallest absolute Gasteiger partial charge is 0.238 e. The molecule has 1 amide bonds. The first-order valence-corrected chi connectivity index (χ1v) is 11.2. The summed E-state index contributed by atoms with van der Waals surface area (Å²) in [7, 11) is -0.225. The van der Waals surface area contributed by atoms with Crippen LogP contribution in [0.1, 0.15) is 36.8 Å². The SMILES string of the molecule is COc1cc2c(cc1OC)CN(C(=O)CN(C1CCCC1)S(C)(=O)=O)CC2. The Balaban J connectivity index is 1.75. The molecular weight excluding hydrogens is 368 g/mol. The lowest BCUT2D eigenvalue weighted by Gasteiger charge is -2.32. The number of fused-ring (bicyclic) bond motifs is 1. The van der Waals surface area contributed by atoms with Gasteiger partial charge in [-0.25, -0.2) is 8.42 Å². The molecule has 1 aromatic carbocycles. The quantitative estimate of drug-likeness (QED) is 0.733. The highest BCUT2D eigenvalue weighted by Crippen LogP contribution is 2.33. The van der Waals surface area contributed by atoms with Crippen LogP contribution in [-0.4, -0.2) is 63.1 Å². The second-order valence-corrected chi connectivity index (χ2v) is 9.22. The summed E-state index contributed by atoms with van der Waals surface area (Å²) in [4.78, 5) is 14.6. The number of hydrogen-bond acceptors (Lipinski definition) is 5. The van der Waals surface area contributed by atoms with Crippen molar-refractivity contribution < 1.29 is 22.7 Å². The molecule has 0 atom stereocenters. The van der Waals surface area contributed by atoms with Gasteiger partial charge in [0.2, 0.25) is 15.9 Å². The van der Waals surface area contributed by atoms with Crippen LogP contribution in [0.5, 0.6) is 11.5 Å². The number of sulfonamides is 1. The standard InChI is InChI=1S/C19H28N2O5S/c1-25-17-10-14-8-9-20(12-15(14)11-18(17)26-2)19(22)13-21(27(3,23)24)16-6-4-5-7-16/h10-11,16H,4-9,12-13H2,1-3H3. The molecule has 0 unspecified atom stereocenters. The maximum atomic E-state index is 12.9. The summed E-state index contributed by atoms with van der Waals surface area (Å²) in [6.07, 6.45) is 5.61. The Kier molecular flexibility index (Phi) is 5.95. The van der Waals surface area contributed by atoms with Gasteiger partial charge in [0.1, 0.15) is 0 Å². The van der Waals surface area contributed by atoms with Crippen molar-refractivity contribution >= 4 is 15.9 Å². The third-order valence-corrected chi connectivity index (χ3v) is 6.80. The molecule has 150 valence electrons. The molecule has 1 aliphatic carbocycles. The Morgan fingerprint density at radius 3 is 2.30 bits per heavy atom. The van der Waals surface area contributed by atoms with E-state index in [2.05, 4.69) is 0 Å². The molecule has 0 saturated heterocycles. The number of carbonyl (C=O) groups excluding carboxylic acids is 1. The molecule has 0 N–H and O–H groups in total. The van der Waals surface area contributed by atoms with Crippen molar-refractivity contribution in [2.45, 2.75) is 44.7 Å². The molecule has 0 spiro atoms. The largest absolute Gasteiger partial charge is 0.493 e. The summed E-state index contributed by atoms with van der Waals surface area (Å²) in [6, 6.07) is 3.81. The number of nitrogens with zero attached hydrogens (tertiary/aromatic N) is 2. The summed E-state index contributed by atoms with van der Waals surface area (Å²) in [6.45, 7) is 0.951. The van der Waals surface area contributed by atoms with Crippen LogP contribution < -0.4 is 9.47 Å². The lowest BCUT2D eigenvalue weighted by Crippen LogP contribution is -2.47. The molecule has 3 rings (SSSR count). The van der Waals surface area contributed by atoms with Gasteiger partial charge >= 0.3 is 0 Å². The topological polar surface area (TPSA) is 76.2 Å². The fourth-order valence-corrected chi connectivity index (χ4v) is 5.14. The molecule has 0 radical (unpaired) electrons. The average molecular weight is 397 g/mol. The first-order valence-electron chi connectivity index (χ1n) is 9.32. The van der Waals surface area contributed by atoms with E-state index < -0.39 is 10.0 Å². The predicted molar refractivity (Wildman–Crippen MR) is 102 cm³/mol. The molecule has 7 nitrogen and oxygen atoms in total. The van der Waals surface area contributed by atoms with Gasteiger partial charge < -0.3 is 14.4 Å². The Bertz CT molecular complexity index is 803. The van der Waals surface area contributed by atoms with E-state index in [-0.39, 0.29) is 18.5 Å². The zero-order chi connectivity index (χ0) is 19.6. The zero-order valence-electron chi connectivity index (χ0n) is 16.2. The molecule has 1 aliphatic heterocycles. The van der Waals surface area contributed by atoms with Gasteiger partial charge in [-0.05, 0) is 42.5 Å². The summed E-state index contributed by atoms with van der Waals surface area (Å²) < 4.78 is 36.5. The van der Waals surface area contributed by atoms with Crippen LogP contribution in [0.2, 0.25) is 0 Å². The fourth-order valence-electron chi connectivity index (χ4n) is 4.04. The van der Waals surface area contributed by atoms with Crippen molar-refractivity contribution in [3.8, 4) is 11.5 Å². The van der Waals surface area contributed by atoms with Crippen LogP contribution in [0, 0.1) is 0 Å². The van der Waals surface area contributed by atoms with E-state index in [0.717, 1.165) is 36.8 Å². The van der Waals surface area contributed by atoms with Crippen molar-refractivity contribution in [1.82, 2.24) is 9.21 Å². The van der Waals surface area contributed by atoms with Gasteiger partial charge in [-0.3, -0.25) is 4.79 Å². The third-order valence-electron chi connectivity index (χ3n) is 5.52. The minimum atomic E-state index is -3.41. The highest BCUT2D eigenvalue weighted by Gasteiger charge is 2.33. The lowest BCUT2D eigenvalue weighted by molar-refractivity contribution is -0.132. The minimum Gasteiger partial charge on any atom is -0.493 e. The van der Waals surface area contributed by atoms with Crippen LogP contribution in [0.3, 0.4) is 0 Å². The number of carbonyl (C=O) groups is 1. The van der Waals surface area contributed by atoms with E-state index in [1.165, 1.54) is 10.6 Å². The number of hydrogen-bond donors (Lipinski definition) is 0. The van der Waals surface area contributed by atoms with Crippen molar-refractivity contribution in [1.29, 1.82) is 0 Å². The summed E-state index contributed by atoms with van der Waals surface area (Å²) >= 11 is 0. The summed E-state index contributed by atoms with van der Waals surface area (Å²) in [5.41, 5.74) is 2.14. The van der Waals surface area contributed by atoms with Gasteiger partial charge in [-0.2, -0.15) is 4.31 Å². The molecule has 1 saturated carbocycles. The molecule has 2 aliphatic rings. The normalized spacial score (nSPS) is 17.9. The second kappa shape index (κ2) is 8.06. The number of amides is 1. The monoisotopic (exact) mass is 396 g/mol. The summed E-state index contributed by atoms with van der Waals surface area (Å²) in [5, 5.41) is 0. The summed E-state index contributed by atoms with van der Waals surface area (Å²) in [5.74, 6) is 1.17. The number of rotatable bonds is 6. The number of ether oxygens (including phenoxy) is 2. The van der Waals surface area contributed by atoms with Gasteiger partial charge in [-0.15, -0.1) is 0 Å². The van der Waals surface area contributed by atoms with Crippen LogP contribution >= 0.6 is 0 Å². The Morgan fingerprint density at radius 2 is 1.74 bits per heavy atom. The first kappa shape index (κ1) is 19.9. The maximum absolute atomic E-state index is 12.9. The van der Waals surface area contributed by atoms with Crippen molar-refractivity contribution in [2.75, 3.05) is 33.6 Å². The van der Waals surface area contributed by atoms with E-state index in [4.69, 9.17) is 9.47 Å². The molecule has 1 heterocycles. The van der Waals surface area contributed by atoms with Gasteiger partial charge in [0.05, 0.1) is 27.0 Å². The van der Waals surface area contributed by atoms with Crippen molar-refractivity contribution in [3.63, 3.8) is 0 Å². The van der Waals surface area contributed by atoms with Gasteiger partial charge in [0.25, 0.3) is 0 Å². The number of benzene rings is 1. The van der Waals surface area contributed by atoms with E-state index in [0.29, 0.717) is 31.0 Å². The molecular formula is C19H28N2O5S. The Morgan fingerprint density at radius 1 is 1.15 bits per heavy atom. The van der Waals surface area contributed by atoms with E-state index >= 15 is 0 Å². The third kappa shape index (κ3) is 4.38. The lowest BCUT2D eigenvalue weighted by atomic mass is 9.98. The van der Waals surface area contributed by atoms with Gasteiger partial charge in [0.15, 0.2) is 11.5 Å². The molecule has 1 aromatic rings. The van der Waals surface area contributed by atoms with Crippen LogP contribution in [0.25, 0.3) is 0 Å². The molecule has 0 aromatic heterocycles. The van der Waals surface area contributed by atoms with E-state index in [9.17, 15) is 13.2 Å². The minimum absolute atomic E-state index is 0.0506. The zero-order valence-corrected chi connectivity index (χ0v) is 17.0. The molecule has 0 bridgehead atoms. The van der Waals surface area contributed by atoms with Crippen molar-refractivity contribution in [2.24, 2.45) is 0 Å². The highest BCUT2D eigenvalue weighted by atomic mass is 32.2. The van der Waals surface area contributed by atoms with Crippen LogP contribution in [-0.2, 0) is 27.8 Å². The van der Waals surface area contributed by atoms with Gasteiger partial charge in [0, 0.05) is 19.1 Å². The first-order chi connectivity index (χ1) is 12.8. The van der Waals surface area contributed by atoms with Crippen LogP contribution in [0.4, 0.5) is 0 Å². The predicted octanol–water partition coefficient (Wildman–Crippen LogP) is 1.79. The Labute approximate surface area is 161 Å². The molecule has 27 heavy (non-hydrogen) atoms. The van der Waals surface area contributed by atoms with E-state index in [1.54, 1.807) is 19.1 Å². The van der Waals surface area contributed by atoms with Crippen molar-refractivity contribution in [3.05, 3.63) is 23.3 Å². The van der Waals surface area contributed by atoms with Crippen LogP contribution in [0.15, 0.2) is 12.1 Å².